The minimum Gasteiger partial charge on any atom is -0.487 e. The summed E-state index contributed by atoms with van der Waals surface area (Å²) in [5.74, 6) is 0.688. The molecule has 1 unspecified atom stereocenters. The smallest absolute Gasteiger partial charge is 0.125 e. The van der Waals surface area contributed by atoms with Crippen LogP contribution in [0.5, 0.6) is 5.75 Å². The first-order valence-electron chi connectivity index (χ1n) is 7.38. The van der Waals surface area contributed by atoms with Crippen LogP contribution in [0.1, 0.15) is 56.6 Å². The van der Waals surface area contributed by atoms with Crippen molar-refractivity contribution in [3.05, 3.63) is 29.6 Å². The van der Waals surface area contributed by atoms with E-state index in [4.69, 9.17) is 4.74 Å². The molecule has 1 aromatic rings. The number of benzene rings is 1. The molecule has 1 N–H and O–H groups in total. The van der Waals surface area contributed by atoms with Crippen LogP contribution in [0, 0.1) is 5.82 Å². The van der Waals surface area contributed by atoms with Crippen molar-refractivity contribution in [2.24, 2.45) is 0 Å². The van der Waals surface area contributed by atoms with Crippen LogP contribution < -0.4 is 10.1 Å². The molecule has 0 radical (unpaired) electrons. The molecule has 1 saturated carbocycles. The molecule has 0 amide bonds. The standard InChI is InChI=1S/C16H22FNO/c1-18-14-11-16(8-4-2-3-5-9-16)19-15-7-6-12(17)10-13(14)15/h6-7,10,14,18H,2-5,8-9,11H2,1H3. The van der Waals surface area contributed by atoms with Crippen molar-refractivity contribution in [2.75, 3.05) is 7.05 Å². The van der Waals surface area contributed by atoms with Crippen molar-refractivity contribution in [1.29, 1.82) is 0 Å². The van der Waals surface area contributed by atoms with E-state index in [0.717, 1.165) is 30.6 Å². The molecule has 0 bridgehead atoms. The molecule has 1 aliphatic carbocycles. The summed E-state index contributed by atoms with van der Waals surface area (Å²) in [6, 6.07) is 5.11. The lowest BCUT2D eigenvalue weighted by Gasteiger charge is -2.42. The molecule has 3 heteroatoms. The van der Waals surface area contributed by atoms with Gasteiger partial charge >= 0.3 is 0 Å². The lowest BCUT2D eigenvalue weighted by atomic mass is 9.82. The molecule has 1 atom stereocenters. The summed E-state index contributed by atoms with van der Waals surface area (Å²) in [5.41, 5.74) is 0.937. The fourth-order valence-electron chi connectivity index (χ4n) is 3.58. The number of rotatable bonds is 1. The van der Waals surface area contributed by atoms with Gasteiger partial charge in [0.25, 0.3) is 0 Å². The predicted octanol–water partition coefficient (Wildman–Crippen LogP) is 3.96. The fraction of sp³-hybridized carbons (Fsp3) is 0.625. The van der Waals surface area contributed by atoms with E-state index in [0.29, 0.717) is 0 Å². The summed E-state index contributed by atoms with van der Waals surface area (Å²) in [7, 11) is 1.95. The second-order valence-corrected chi connectivity index (χ2v) is 5.93. The van der Waals surface area contributed by atoms with E-state index in [1.807, 2.05) is 7.05 Å². The minimum atomic E-state index is -0.181. The van der Waals surface area contributed by atoms with Crippen LogP contribution in [0.3, 0.4) is 0 Å². The largest absolute Gasteiger partial charge is 0.487 e. The third-order valence-corrected chi connectivity index (χ3v) is 4.61. The van der Waals surface area contributed by atoms with E-state index < -0.39 is 0 Å². The Labute approximate surface area is 114 Å². The van der Waals surface area contributed by atoms with Crippen LogP contribution in [0.4, 0.5) is 4.39 Å². The van der Waals surface area contributed by atoms with Crippen molar-refractivity contribution in [3.8, 4) is 5.75 Å². The van der Waals surface area contributed by atoms with E-state index in [1.54, 1.807) is 12.1 Å². The van der Waals surface area contributed by atoms with Crippen molar-refractivity contribution in [3.63, 3.8) is 0 Å². The molecule has 1 spiro atoms. The van der Waals surface area contributed by atoms with E-state index in [-0.39, 0.29) is 17.5 Å². The van der Waals surface area contributed by atoms with Crippen molar-refractivity contribution < 1.29 is 9.13 Å². The number of hydrogen-bond donors (Lipinski definition) is 1. The first kappa shape index (κ1) is 12.9. The Morgan fingerprint density at radius 3 is 2.63 bits per heavy atom. The molecule has 1 aromatic carbocycles. The van der Waals surface area contributed by atoms with Crippen molar-refractivity contribution >= 4 is 0 Å². The average Bonchev–Trinajstić information content (AvgIpc) is 2.64. The number of halogens is 1. The summed E-state index contributed by atoms with van der Waals surface area (Å²) in [4.78, 5) is 0. The SMILES string of the molecule is CNC1CC2(CCCCCC2)Oc2ccc(F)cc21. The Balaban J connectivity index is 1.94. The van der Waals surface area contributed by atoms with Gasteiger partial charge in [-0.2, -0.15) is 0 Å². The Morgan fingerprint density at radius 1 is 1.21 bits per heavy atom. The molecule has 2 aliphatic rings. The fourth-order valence-corrected chi connectivity index (χ4v) is 3.58. The zero-order valence-electron chi connectivity index (χ0n) is 11.5. The van der Waals surface area contributed by atoms with Crippen LogP contribution in [0.2, 0.25) is 0 Å². The molecule has 1 heterocycles. The highest BCUT2D eigenvalue weighted by Gasteiger charge is 2.40. The highest BCUT2D eigenvalue weighted by Crippen LogP contribution is 2.45. The third kappa shape index (κ3) is 2.48. The van der Waals surface area contributed by atoms with E-state index in [1.165, 1.54) is 31.7 Å². The Kier molecular flexibility index (Phi) is 3.48. The van der Waals surface area contributed by atoms with E-state index >= 15 is 0 Å². The topological polar surface area (TPSA) is 21.3 Å². The molecular weight excluding hydrogens is 241 g/mol. The number of fused-ring (bicyclic) bond motifs is 1. The van der Waals surface area contributed by atoms with Gasteiger partial charge in [-0.25, -0.2) is 4.39 Å². The summed E-state index contributed by atoms with van der Waals surface area (Å²) in [6.07, 6.45) is 8.32. The number of nitrogens with one attached hydrogen (secondary N) is 1. The molecule has 2 nitrogen and oxygen atoms in total. The van der Waals surface area contributed by atoms with Gasteiger partial charge in [-0.15, -0.1) is 0 Å². The van der Waals surface area contributed by atoms with Gasteiger partial charge in [0.15, 0.2) is 0 Å². The Hall–Kier alpha value is -1.09. The third-order valence-electron chi connectivity index (χ3n) is 4.61. The second-order valence-electron chi connectivity index (χ2n) is 5.93. The van der Waals surface area contributed by atoms with E-state index in [9.17, 15) is 4.39 Å². The highest BCUT2D eigenvalue weighted by molar-refractivity contribution is 5.39. The van der Waals surface area contributed by atoms with Crippen LogP contribution in [-0.2, 0) is 0 Å². The van der Waals surface area contributed by atoms with Gasteiger partial charge in [-0.3, -0.25) is 0 Å². The first-order chi connectivity index (χ1) is 9.22. The summed E-state index contributed by atoms with van der Waals surface area (Å²) in [6.45, 7) is 0. The molecule has 3 rings (SSSR count). The number of ether oxygens (including phenoxy) is 1. The predicted molar refractivity (Wildman–Crippen MR) is 73.9 cm³/mol. The lowest BCUT2D eigenvalue weighted by molar-refractivity contribution is 0.0170. The van der Waals surface area contributed by atoms with Crippen molar-refractivity contribution in [1.82, 2.24) is 5.32 Å². The average molecular weight is 263 g/mol. The van der Waals surface area contributed by atoms with E-state index in [2.05, 4.69) is 5.32 Å². The summed E-state index contributed by atoms with van der Waals surface area (Å²) >= 11 is 0. The maximum atomic E-state index is 13.4. The van der Waals surface area contributed by atoms with Gasteiger partial charge in [0.2, 0.25) is 0 Å². The van der Waals surface area contributed by atoms with Gasteiger partial charge in [0, 0.05) is 18.0 Å². The first-order valence-corrected chi connectivity index (χ1v) is 7.38. The molecule has 0 saturated heterocycles. The van der Waals surface area contributed by atoms with Crippen LogP contribution >= 0.6 is 0 Å². The normalized spacial score (nSPS) is 25.5. The maximum Gasteiger partial charge on any atom is 0.125 e. The molecular formula is C16H22FNO. The van der Waals surface area contributed by atoms with Gasteiger partial charge in [-0.1, -0.05) is 12.8 Å². The maximum absolute atomic E-state index is 13.4. The van der Waals surface area contributed by atoms with Crippen LogP contribution in [-0.4, -0.2) is 12.6 Å². The Morgan fingerprint density at radius 2 is 1.95 bits per heavy atom. The quantitative estimate of drug-likeness (QED) is 0.828. The lowest BCUT2D eigenvalue weighted by Crippen LogP contribution is -2.43. The summed E-state index contributed by atoms with van der Waals surface area (Å²) in [5, 5.41) is 3.33. The van der Waals surface area contributed by atoms with Gasteiger partial charge < -0.3 is 10.1 Å². The van der Waals surface area contributed by atoms with Gasteiger partial charge in [0.05, 0.1) is 0 Å². The highest BCUT2D eigenvalue weighted by atomic mass is 19.1. The van der Waals surface area contributed by atoms with Crippen molar-refractivity contribution in [2.45, 2.75) is 56.6 Å². The zero-order chi connectivity index (χ0) is 13.3. The second kappa shape index (κ2) is 5.12. The molecule has 19 heavy (non-hydrogen) atoms. The van der Waals surface area contributed by atoms with Gasteiger partial charge in [0.1, 0.15) is 17.2 Å². The molecule has 1 fully saturated rings. The van der Waals surface area contributed by atoms with Crippen LogP contribution in [0.25, 0.3) is 0 Å². The zero-order valence-corrected chi connectivity index (χ0v) is 11.5. The molecule has 1 aliphatic heterocycles. The number of hydrogen-bond acceptors (Lipinski definition) is 2. The van der Waals surface area contributed by atoms with Gasteiger partial charge in [-0.05, 0) is 50.9 Å². The Bertz CT molecular complexity index is 452. The molecule has 0 aromatic heterocycles. The monoisotopic (exact) mass is 263 g/mol. The molecule has 104 valence electrons. The van der Waals surface area contributed by atoms with Crippen LogP contribution in [0.15, 0.2) is 18.2 Å². The minimum absolute atomic E-state index is 0.0327. The summed E-state index contributed by atoms with van der Waals surface area (Å²) < 4.78 is 19.7.